The SMILES string of the molecule is O=C(NCC1COc2ccccc2C1)C1CC(=O)N(Cc2ccccc2)C1. The molecule has 0 aromatic heterocycles. The number of fused-ring (bicyclic) bond motifs is 1. The van der Waals surface area contributed by atoms with Crippen LogP contribution in [0, 0.1) is 11.8 Å². The molecule has 0 spiro atoms. The van der Waals surface area contributed by atoms with E-state index in [4.69, 9.17) is 4.74 Å². The molecule has 2 aliphatic rings. The molecule has 1 saturated heterocycles. The summed E-state index contributed by atoms with van der Waals surface area (Å²) in [4.78, 5) is 26.6. The molecule has 5 nitrogen and oxygen atoms in total. The van der Waals surface area contributed by atoms with Crippen molar-refractivity contribution in [2.75, 3.05) is 19.7 Å². The van der Waals surface area contributed by atoms with Gasteiger partial charge in [0.25, 0.3) is 0 Å². The Hall–Kier alpha value is -2.82. The predicted molar refractivity (Wildman–Crippen MR) is 102 cm³/mol. The van der Waals surface area contributed by atoms with Gasteiger partial charge in [-0.3, -0.25) is 9.59 Å². The van der Waals surface area contributed by atoms with E-state index in [2.05, 4.69) is 11.4 Å². The molecule has 2 aromatic rings. The normalized spacial score (nSPS) is 21.5. The highest BCUT2D eigenvalue weighted by atomic mass is 16.5. The van der Waals surface area contributed by atoms with Crippen LogP contribution in [0.25, 0.3) is 0 Å². The number of hydrogen-bond donors (Lipinski definition) is 1. The lowest BCUT2D eigenvalue weighted by Gasteiger charge is -2.25. The Morgan fingerprint density at radius 3 is 2.70 bits per heavy atom. The lowest BCUT2D eigenvalue weighted by Crippen LogP contribution is -2.38. The first-order valence-corrected chi connectivity index (χ1v) is 9.49. The van der Waals surface area contributed by atoms with Crippen molar-refractivity contribution in [2.24, 2.45) is 11.8 Å². The Bertz CT molecular complexity index is 821. The molecule has 2 atom stereocenters. The molecule has 4 rings (SSSR count). The molecule has 0 aliphatic carbocycles. The fraction of sp³-hybridized carbons (Fsp3) is 0.364. The van der Waals surface area contributed by atoms with Gasteiger partial charge in [0.15, 0.2) is 0 Å². The highest BCUT2D eigenvalue weighted by Gasteiger charge is 2.34. The summed E-state index contributed by atoms with van der Waals surface area (Å²) in [6.45, 7) is 2.25. The van der Waals surface area contributed by atoms with Crippen LogP contribution in [0.15, 0.2) is 54.6 Å². The number of nitrogens with zero attached hydrogens (tertiary/aromatic N) is 1. The average Bonchev–Trinajstić information content (AvgIpc) is 3.07. The number of benzene rings is 2. The highest BCUT2D eigenvalue weighted by molar-refractivity contribution is 5.89. The fourth-order valence-corrected chi connectivity index (χ4v) is 3.82. The topological polar surface area (TPSA) is 58.6 Å². The van der Waals surface area contributed by atoms with E-state index in [-0.39, 0.29) is 23.7 Å². The van der Waals surface area contributed by atoms with Gasteiger partial charge in [0.05, 0.1) is 12.5 Å². The Morgan fingerprint density at radius 1 is 1.07 bits per heavy atom. The molecule has 2 amide bonds. The van der Waals surface area contributed by atoms with Crippen molar-refractivity contribution in [3.05, 3.63) is 65.7 Å². The standard InChI is InChI=1S/C22H24N2O3/c25-21-11-19(14-24(21)13-16-6-2-1-3-7-16)22(26)23-12-17-10-18-8-4-5-9-20(18)27-15-17/h1-9,17,19H,10-15H2,(H,23,26). The molecule has 140 valence electrons. The molecular weight excluding hydrogens is 340 g/mol. The van der Waals surface area contributed by atoms with Gasteiger partial charge in [0, 0.05) is 32.0 Å². The molecule has 0 radical (unpaired) electrons. The van der Waals surface area contributed by atoms with E-state index in [1.54, 1.807) is 4.90 Å². The summed E-state index contributed by atoms with van der Waals surface area (Å²) in [6, 6.07) is 17.9. The Balaban J connectivity index is 1.27. The summed E-state index contributed by atoms with van der Waals surface area (Å²) >= 11 is 0. The maximum Gasteiger partial charge on any atom is 0.225 e. The lowest BCUT2D eigenvalue weighted by molar-refractivity contribution is -0.129. The van der Waals surface area contributed by atoms with Gasteiger partial charge in [0.1, 0.15) is 5.75 Å². The van der Waals surface area contributed by atoms with E-state index in [0.29, 0.717) is 32.7 Å². The summed E-state index contributed by atoms with van der Waals surface area (Å²) in [5.74, 6) is 0.962. The first kappa shape index (κ1) is 17.6. The Labute approximate surface area is 159 Å². The summed E-state index contributed by atoms with van der Waals surface area (Å²) in [7, 11) is 0. The van der Waals surface area contributed by atoms with Crippen LogP contribution in [0.1, 0.15) is 17.5 Å². The molecule has 2 aliphatic heterocycles. The number of para-hydroxylation sites is 1. The van der Waals surface area contributed by atoms with Crippen LogP contribution in [0.2, 0.25) is 0 Å². The zero-order valence-corrected chi connectivity index (χ0v) is 15.3. The third kappa shape index (κ3) is 4.13. The molecule has 5 heteroatoms. The molecule has 1 N–H and O–H groups in total. The second-order valence-corrected chi connectivity index (χ2v) is 7.39. The quantitative estimate of drug-likeness (QED) is 0.886. The second-order valence-electron chi connectivity index (χ2n) is 7.39. The van der Waals surface area contributed by atoms with Crippen LogP contribution >= 0.6 is 0 Å². The van der Waals surface area contributed by atoms with Crippen LogP contribution in [-0.2, 0) is 22.6 Å². The van der Waals surface area contributed by atoms with E-state index in [1.807, 2.05) is 48.5 Å². The molecule has 27 heavy (non-hydrogen) atoms. The van der Waals surface area contributed by atoms with Gasteiger partial charge in [-0.05, 0) is 23.6 Å². The molecule has 2 heterocycles. The summed E-state index contributed by atoms with van der Waals surface area (Å²) in [5, 5.41) is 3.03. The molecule has 0 bridgehead atoms. The maximum atomic E-state index is 12.5. The Kier molecular flexibility index (Phi) is 5.10. The minimum Gasteiger partial charge on any atom is -0.493 e. The monoisotopic (exact) mass is 364 g/mol. The highest BCUT2D eigenvalue weighted by Crippen LogP contribution is 2.26. The molecule has 2 aromatic carbocycles. The van der Waals surface area contributed by atoms with E-state index in [0.717, 1.165) is 17.7 Å². The van der Waals surface area contributed by atoms with Crippen molar-refractivity contribution < 1.29 is 14.3 Å². The van der Waals surface area contributed by atoms with Crippen molar-refractivity contribution in [1.29, 1.82) is 0 Å². The Morgan fingerprint density at radius 2 is 1.85 bits per heavy atom. The zero-order chi connectivity index (χ0) is 18.6. The fourth-order valence-electron chi connectivity index (χ4n) is 3.82. The van der Waals surface area contributed by atoms with Gasteiger partial charge in [-0.15, -0.1) is 0 Å². The van der Waals surface area contributed by atoms with Gasteiger partial charge < -0.3 is 15.0 Å². The van der Waals surface area contributed by atoms with Gasteiger partial charge in [0.2, 0.25) is 11.8 Å². The van der Waals surface area contributed by atoms with Crippen molar-refractivity contribution >= 4 is 11.8 Å². The van der Waals surface area contributed by atoms with E-state index in [1.165, 1.54) is 5.56 Å². The minimum atomic E-state index is -0.266. The number of nitrogens with one attached hydrogen (secondary N) is 1. The number of amides is 2. The molecule has 0 saturated carbocycles. The third-order valence-corrected chi connectivity index (χ3v) is 5.32. The molecule has 1 fully saturated rings. The van der Waals surface area contributed by atoms with Gasteiger partial charge in [-0.1, -0.05) is 48.5 Å². The third-order valence-electron chi connectivity index (χ3n) is 5.32. The molecular formula is C22H24N2O3. The first-order valence-electron chi connectivity index (χ1n) is 9.49. The lowest BCUT2D eigenvalue weighted by atomic mass is 9.96. The maximum absolute atomic E-state index is 12.5. The van der Waals surface area contributed by atoms with Crippen LogP contribution in [0.3, 0.4) is 0 Å². The smallest absolute Gasteiger partial charge is 0.225 e. The van der Waals surface area contributed by atoms with Crippen molar-refractivity contribution in [3.63, 3.8) is 0 Å². The summed E-state index contributed by atoms with van der Waals surface area (Å²) in [6.07, 6.45) is 1.20. The van der Waals surface area contributed by atoms with Gasteiger partial charge in [-0.25, -0.2) is 0 Å². The van der Waals surface area contributed by atoms with Crippen molar-refractivity contribution in [1.82, 2.24) is 10.2 Å². The van der Waals surface area contributed by atoms with Crippen LogP contribution < -0.4 is 10.1 Å². The largest absolute Gasteiger partial charge is 0.493 e. The second kappa shape index (κ2) is 7.82. The van der Waals surface area contributed by atoms with Crippen molar-refractivity contribution in [3.8, 4) is 5.75 Å². The van der Waals surface area contributed by atoms with E-state index >= 15 is 0 Å². The summed E-state index contributed by atoms with van der Waals surface area (Å²) in [5.41, 5.74) is 2.28. The summed E-state index contributed by atoms with van der Waals surface area (Å²) < 4.78 is 5.78. The van der Waals surface area contributed by atoms with E-state index < -0.39 is 0 Å². The number of hydrogen-bond acceptors (Lipinski definition) is 3. The number of carbonyl (C=O) groups excluding carboxylic acids is 2. The average molecular weight is 364 g/mol. The number of likely N-dealkylation sites (tertiary alicyclic amines) is 1. The van der Waals surface area contributed by atoms with Gasteiger partial charge >= 0.3 is 0 Å². The van der Waals surface area contributed by atoms with E-state index in [9.17, 15) is 9.59 Å². The number of ether oxygens (including phenoxy) is 1. The van der Waals surface area contributed by atoms with Crippen LogP contribution in [-0.4, -0.2) is 36.4 Å². The minimum absolute atomic E-state index is 0.0298. The van der Waals surface area contributed by atoms with Gasteiger partial charge in [-0.2, -0.15) is 0 Å². The first-order chi connectivity index (χ1) is 13.2. The van der Waals surface area contributed by atoms with Crippen molar-refractivity contribution in [2.45, 2.75) is 19.4 Å². The number of carbonyl (C=O) groups is 2. The predicted octanol–water partition coefficient (Wildman–Crippen LogP) is 2.40. The van der Waals surface area contributed by atoms with Crippen LogP contribution in [0.5, 0.6) is 5.75 Å². The molecule has 2 unspecified atom stereocenters. The zero-order valence-electron chi connectivity index (χ0n) is 15.3. The van der Waals surface area contributed by atoms with Crippen LogP contribution in [0.4, 0.5) is 0 Å². The number of rotatable bonds is 5.